The van der Waals surface area contributed by atoms with E-state index >= 15 is 0 Å². The zero-order valence-corrected chi connectivity index (χ0v) is 14.1. The Bertz CT molecular complexity index is 777. The molecule has 2 N–H and O–H groups in total. The Morgan fingerprint density at radius 1 is 1.26 bits per heavy atom. The number of hydrogen-bond acceptors (Lipinski definition) is 6. The van der Waals surface area contributed by atoms with E-state index in [9.17, 15) is 5.11 Å². The van der Waals surface area contributed by atoms with Crippen LogP contribution in [0.3, 0.4) is 0 Å². The van der Waals surface area contributed by atoms with Crippen molar-refractivity contribution in [3.63, 3.8) is 0 Å². The van der Waals surface area contributed by atoms with Crippen molar-refractivity contribution in [2.24, 2.45) is 0 Å². The molecule has 3 aromatic heterocycles. The van der Waals surface area contributed by atoms with Crippen LogP contribution < -0.4 is 5.32 Å². The maximum atomic E-state index is 10.5. The standard InChI is InChI=1S/C16H19N5OS/c1-11-9-12(2)21(20-11)15-7-6-14(18-19-15)17-10-16(3,22)13-5-4-8-23-13/h4-9,22H,10H2,1-3H3,(H,17,18). The lowest BCUT2D eigenvalue weighted by molar-refractivity contribution is 0.0753. The monoisotopic (exact) mass is 329 g/mol. The van der Waals surface area contributed by atoms with Crippen molar-refractivity contribution in [1.82, 2.24) is 20.0 Å². The molecule has 0 aliphatic rings. The zero-order valence-electron chi connectivity index (χ0n) is 13.3. The largest absolute Gasteiger partial charge is 0.383 e. The average molecular weight is 329 g/mol. The summed E-state index contributed by atoms with van der Waals surface area (Å²) in [5.41, 5.74) is 1.01. The van der Waals surface area contributed by atoms with E-state index in [4.69, 9.17) is 0 Å². The molecule has 23 heavy (non-hydrogen) atoms. The first kappa shape index (κ1) is 15.6. The topological polar surface area (TPSA) is 75.9 Å². The molecule has 0 amide bonds. The van der Waals surface area contributed by atoms with E-state index in [1.54, 1.807) is 11.6 Å². The van der Waals surface area contributed by atoms with Crippen LogP contribution in [0, 0.1) is 13.8 Å². The van der Waals surface area contributed by atoms with E-state index in [0.717, 1.165) is 16.3 Å². The molecule has 120 valence electrons. The molecule has 1 atom stereocenters. The smallest absolute Gasteiger partial charge is 0.176 e. The summed E-state index contributed by atoms with van der Waals surface area (Å²) in [4.78, 5) is 0.914. The molecule has 3 rings (SSSR count). The van der Waals surface area contributed by atoms with Crippen molar-refractivity contribution >= 4 is 17.2 Å². The lowest BCUT2D eigenvalue weighted by Gasteiger charge is -2.22. The Morgan fingerprint density at radius 2 is 2.09 bits per heavy atom. The number of anilines is 1. The predicted octanol–water partition coefficient (Wildman–Crippen LogP) is 2.66. The Labute approximate surface area is 138 Å². The van der Waals surface area contributed by atoms with Crippen LogP contribution in [0.5, 0.6) is 0 Å². The molecule has 0 aromatic carbocycles. The van der Waals surface area contributed by atoms with Gasteiger partial charge in [0.25, 0.3) is 0 Å². The Kier molecular flexibility index (Phi) is 4.14. The number of aromatic nitrogens is 4. The highest BCUT2D eigenvalue weighted by Gasteiger charge is 2.24. The van der Waals surface area contributed by atoms with Gasteiger partial charge in [0.2, 0.25) is 0 Å². The number of rotatable bonds is 5. The highest BCUT2D eigenvalue weighted by molar-refractivity contribution is 7.10. The van der Waals surface area contributed by atoms with Gasteiger partial charge in [0, 0.05) is 17.1 Å². The van der Waals surface area contributed by atoms with Crippen molar-refractivity contribution in [2.45, 2.75) is 26.4 Å². The fraction of sp³-hybridized carbons (Fsp3) is 0.312. The minimum atomic E-state index is -0.940. The van der Waals surface area contributed by atoms with Gasteiger partial charge >= 0.3 is 0 Å². The van der Waals surface area contributed by atoms with Crippen LogP contribution in [0.25, 0.3) is 5.82 Å². The summed E-state index contributed by atoms with van der Waals surface area (Å²) in [5.74, 6) is 1.29. The molecule has 1 unspecified atom stereocenters. The Hall–Kier alpha value is -2.25. The molecule has 6 nitrogen and oxygen atoms in total. The third-order valence-corrected chi connectivity index (χ3v) is 4.67. The molecule has 3 heterocycles. The van der Waals surface area contributed by atoms with Gasteiger partial charge in [-0.05, 0) is 50.4 Å². The Balaban J connectivity index is 1.70. The number of nitrogens with one attached hydrogen (secondary N) is 1. The van der Waals surface area contributed by atoms with Crippen LogP contribution in [0.4, 0.5) is 5.82 Å². The van der Waals surface area contributed by atoms with Gasteiger partial charge in [0.1, 0.15) is 11.4 Å². The molecule has 0 saturated heterocycles. The van der Waals surface area contributed by atoms with E-state index < -0.39 is 5.60 Å². The molecule has 0 radical (unpaired) electrons. The fourth-order valence-corrected chi connectivity index (χ4v) is 3.12. The number of thiophene rings is 1. The summed E-state index contributed by atoms with van der Waals surface area (Å²) in [7, 11) is 0. The Morgan fingerprint density at radius 3 is 2.65 bits per heavy atom. The number of aryl methyl sites for hydroxylation is 2. The van der Waals surface area contributed by atoms with Crippen LogP contribution >= 0.6 is 11.3 Å². The van der Waals surface area contributed by atoms with Gasteiger partial charge in [-0.15, -0.1) is 21.5 Å². The van der Waals surface area contributed by atoms with Gasteiger partial charge in [-0.3, -0.25) is 0 Å². The summed E-state index contributed by atoms with van der Waals surface area (Å²) in [6.07, 6.45) is 0. The lowest BCUT2D eigenvalue weighted by atomic mass is 10.1. The second-order valence-corrected chi connectivity index (χ2v) is 6.67. The molecule has 0 aliphatic heterocycles. The van der Waals surface area contributed by atoms with Crippen molar-refractivity contribution in [1.29, 1.82) is 0 Å². The number of aliphatic hydroxyl groups is 1. The predicted molar refractivity (Wildman–Crippen MR) is 91.0 cm³/mol. The van der Waals surface area contributed by atoms with Gasteiger partial charge in [-0.1, -0.05) is 6.07 Å². The van der Waals surface area contributed by atoms with E-state index in [0.29, 0.717) is 18.2 Å². The van der Waals surface area contributed by atoms with Crippen molar-refractivity contribution in [3.8, 4) is 5.82 Å². The first-order valence-corrected chi connectivity index (χ1v) is 8.21. The lowest BCUT2D eigenvalue weighted by Crippen LogP contribution is -2.30. The van der Waals surface area contributed by atoms with Crippen LogP contribution in [0.1, 0.15) is 23.2 Å². The second-order valence-electron chi connectivity index (χ2n) is 5.72. The first-order chi connectivity index (χ1) is 11.0. The fourth-order valence-electron chi connectivity index (χ4n) is 2.33. The SMILES string of the molecule is Cc1cc(C)n(-c2ccc(NCC(C)(O)c3cccs3)nn2)n1. The minimum absolute atomic E-state index is 0.363. The quantitative estimate of drug-likeness (QED) is 0.752. The van der Waals surface area contributed by atoms with Gasteiger partial charge in [0.05, 0.1) is 5.69 Å². The first-order valence-electron chi connectivity index (χ1n) is 7.33. The maximum Gasteiger partial charge on any atom is 0.176 e. The normalized spacial score (nSPS) is 13.7. The highest BCUT2D eigenvalue weighted by atomic mass is 32.1. The minimum Gasteiger partial charge on any atom is -0.383 e. The summed E-state index contributed by atoms with van der Waals surface area (Å²) in [6, 6.07) is 9.53. The van der Waals surface area contributed by atoms with Crippen molar-refractivity contribution < 1.29 is 5.11 Å². The summed E-state index contributed by atoms with van der Waals surface area (Å²) >= 11 is 1.53. The van der Waals surface area contributed by atoms with E-state index in [1.807, 2.05) is 49.6 Å². The van der Waals surface area contributed by atoms with E-state index in [2.05, 4.69) is 20.6 Å². The van der Waals surface area contributed by atoms with Gasteiger partial charge in [0.15, 0.2) is 5.82 Å². The zero-order chi connectivity index (χ0) is 16.4. The third kappa shape index (κ3) is 3.40. The molecule has 0 aliphatic carbocycles. The summed E-state index contributed by atoms with van der Waals surface area (Å²) in [5, 5.41) is 28.3. The van der Waals surface area contributed by atoms with Crippen molar-refractivity contribution in [2.75, 3.05) is 11.9 Å². The molecule has 0 saturated carbocycles. The van der Waals surface area contributed by atoms with Crippen LogP contribution in [0.2, 0.25) is 0 Å². The number of hydrogen-bond donors (Lipinski definition) is 2. The molecule has 0 fully saturated rings. The number of nitrogens with zero attached hydrogens (tertiary/aromatic N) is 4. The average Bonchev–Trinajstić information content (AvgIpc) is 3.16. The highest BCUT2D eigenvalue weighted by Crippen LogP contribution is 2.25. The summed E-state index contributed by atoms with van der Waals surface area (Å²) < 4.78 is 1.76. The van der Waals surface area contributed by atoms with Crippen LogP contribution in [-0.4, -0.2) is 31.6 Å². The van der Waals surface area contributed by atoms with Crippen molar-refractivity contribution in [3.05, 3.63) is 52.0 Å². The van der Waals surface area contributed by atoms with Crippen LogP contribution in [0.15, 0.2) is 35.7 Å². The van der Waals surface area contributed by atoms with Crippen LogP contribution in [-0.2, 0) is 5.60 Å². The van der Waals surface area contributed by atoms with Gasteiger partial charge < -0.3 is 10.4 Å². The van der Waals surface area contributed by atoms with E-state index in [-0.39, 0.29) is 0 Å². The molecular weight excluding hydrogens is 310 g/mol. The second kappa shape index (κ2) is 6.10. The molecule has 7 heteroatoms. The molecular formula is C16H19N5OS. The molecule has 0 spiro atoms. The molecule has 0 bridgehead atoms. The van der Waals surface area contributed by atoms with Gasteiger partial charge in [-0.25, -0.2) is 4.68 Å². The third-order valence-electron chi connectivity index (χ3n) is 3.54. The summed E-state index contributed by atoms with van der Waals surface area (Å²) in [6.45, 7) is 6.07. The van der Waals surface area contributed by atoms with E-state index in [1.165, 1.54) is 11.3 Å². The van der Waals surface area contributed by atoms with Gasteiger partial charge in [-0.2, -0.15) is 5.10 Å². The maximum absolute atomic E-state index is 10.5. The molecule has 3 aromatic rings.